The molecule has 1 saturated heterocycles. The fraction of sp³-hybridized carbons (Fsp3) is 0.545. The Morgan fingerprint density at radius 3 is 2.54 bits per heavy atom. The lowest BCUT2D eigenvalue weighted by Crippen LogP contribution is -2.58. The number of pyridine rings is 1. The summed E-state index contributed by atoms with van der Waals surface area (Å²) in [5.74, 6) is -1.63. The van der Waals surface area contributed by atoms with E-state index in [9.17, 15) is 27.6 Å². The van der Waals surface area contributed by atoms with Crippen LogP contribution in [-0.4, -0.2) is 105 Å². The van der Waals surface area contributed by atoms with Crippen LogP contribution in [0.5, 0.6) is 11.5 Å². The first-order chi connectivity index (χ1) is 30.1. The maximum atomic E-state index is 14.9. The molecule has 336 valence electrons. The number of nitrogens with one attached hydrogen (secondary N) is 3. The van der Waals surface area contributed by atoms with Gasteiger partial charge < -0.3 is 25.0 Å². The van der Waals surface area contributed by atoms with E-state index >= 15 is 0 Å². The van der Waals surface area contributed by atoms with Crippen LogP contribution in [-0.2, 0) is 24.4 Å². The van der Waals surface area contributed by atoms with E-state index < -0.39 is 68.5 Å². The van der Waals surface area contributed by atoms with Crippen LogP contribution in [0.4, 0.5) is 0 Å². The molecule has 2 aliphatic heterocycles. The fourth-order valence-corrected chi connectivity index (χ4v) is 10.7. The van der Waals surface area contributed by atoms with Crippen LogP contribution < -0.4 is 24.8 Å². The Labute approximate surface area is 370 Å². The third-order valence-corrected chi connectivity index (χ3v) is 15.0. The third kappa shape index (κ3) is 9.17. The smallest absolute Gasteiger partial charge is 0.274 e. The molecule has 5 atom stereocenters. The Hall–Kier alpha value is -5.43. The van der Waals surface area contributed by atoms with Crippen molar-refractivity contribution in [3.8, 4) is 22.2 Å². The molecule has 8 rings (SSSR count). The van der Waals surface area contributed by atoms with Crippen molar-refractivity contribution in [3.63, 3.8) is 0 Å². The van der Waals surface area contributed by atoms with Gasteiger partial charge in [0.2, 0.25) is 21.8 Å². The zero-order valence-corrected chi connectivity index (χ0v) is 38.1. The van der Waals surface area contributed by atoms with Gasteiger partial charge in [-0.1, -0.05) is 38.8 Å². The van der Waals surface area contributed by atoms with Crippen LogP contribution in [0.2, 0.25) is 0 Å². The molecule has 3 fully saturated rings. The number of thiazole rings is 1. The minimum Gasteiger partial charge on any atom is -0.496 e. The minimum atomic E-state index is -3.93. The second-order valence-electron chi connectivity index (χ2n) is 17.7. The van der Waals surface area contributed by atoms with E-state index in [0.29, 0.717) is 65.2 Å². The Morgan fingerprint density at radius 2 is 1.84 bits per heavy atom. The van der Waals surface area contributed by atoms with Crippen molar-refractivity contribution >= 4 is 55.9 Å². The second-order valence-corrected chi connectivity index (χ2v) is 20.5. The first-order valence-electron chi connectivity index (χ1n) is 21.8. The Kier molecular flexibility index (Phi) is 12.4. The molecule has 4 aromatic rings. The van der Waals surface area contributed by atoms with Crippen molar-refractivity contribution in [2.24, 2.45) is 5.92 Å². The molecule has 3 aromatic heterocycles. The highest BCUT2D eigenvalue weighted by Crippen LogP contribution is 2.46. The Bertz CT molecular complexity index is 2570. The minimum absolute atomic E-state index is 0.0303. The molecule has 63 heavy (non-hydrogen) atoms. The zero-order chi connectivity index (χ0) is 44.8. The van der Waals surface area contributed by atoms with Crippen molar-refractivity contribution in [2.75, 3.05) is 13.7 Å². The van der Waals surface area contributed by atoms with Crippen LogP contribution in [0, 0.1) is 12.8 Å². The summed E-state index contributed by atoms with van der Waals surface area (Å²) < 4.78 is 40.7. The maximum absolute atomic E-state index is 14.9. The van der Waals surface area contributed by atoms with Crippen molar-refractivity contribution in [2.45, 2.75) is 133 Å². The number of allylic oxidation sites excluding steroid dienone is 1. The molecule has 0 unspecified atom stereocenters. The van der Waals surface area contributed by atoms with E-state index in [1.807, 2.05) is 56.5 Å². The van der Waals surface area contributed by atoms with Gasteiger partial charge in [-0.25, -0.2) is 18.4 Å². The molecule has 0 bridgehead atoms. The molecule has 5 heterocycles. The van der Waals surface area contributed by atoms with Crippen LogP contribution in [0.1, 0.15) is 119 Å². The normalized spacial score (nSPS) is 24.9. The summed E-state index contributed by atoms with van der Waals surface area (Å²) in [4.78, 5) is 70.0. The highest BCUT2D eigenvalue weighted by Gasteiger charge is 2.62. The third-order valence-electron chi connectivity index (χ3n) is 12.3. The van der Waals surface area contributed by atoms with Gasteiger partial charge in [-0.3, -0.25) is 23.9 Å². The van der Waals surface area contributed by atoms with E-state index in [2.05, 4.69) is 39.4 Å². The summed E-state index contributed by atoms with van der Waals surface area (Å²) in [6.07, 6.45) is 8.70. The summed E-state index contributed by atoms with van der Waals surface area (Å²) in [6.45, 7) is 9.80. The monoisotopic (exact) mass is 901 g/mol. The molecule has 0 spiro atoms. The summed E-state index contributed by atoms with van der Waals surface area (Å²) in [6, 6.07) is 3.25. The van der Waals surface area contributed by atoms with Gasteiger partial charge in [-0.05, 0) is 77.3 Å². The molecule has 1 aromatic carbocycles. The molecule has 2 aliphatic carbocycles. The fourth-order valence-electron chi connectivity index (χ4n) is 8.36. The van der Waals surface area contributed by atoms with E-state index in [-0.39, 0.29) is 37.0 Å². The molecule has 0 radical (unpaired) electrons. The molecular formula is C44H55N9O8S2. The molecule has 17 nitrogen and oxygen atoms in total. The van der Waals surface area contributed by atoms with E-state index in [1.165, 1.54) is 27.2 Å². The summed E-state index contributed by atoms with van der Waals surface area (Å²) in [5, 5.41) is 17.1. The predicted octanol–water partition coefficient (Wildman–Crippen LogP) is 5.12. The van der Waals surface area contributed by atoms with Crippen LogP contribution in [0.3, 0.4) is 0 Å². The molecule has 4 amide bonds. The van der Waals surface area contributed by atoms with E-state index in [0.717, 1.165) is 24.1 Å². The van der Waals surface area contributed by atoms with Crippen molar-refractivity contribution in [1.29, 1.82) is 0 Å². The molecule has 4 aliphatic rings. The van der Waals surface area contributed by atoms with Crippen LogP contribution in [0.25, 0.3) is 21.6 Å². The number of rotatable bonds is 11. The first-order valence-corrected chi connectivity index (χ1v) is 24.2. The number of nitrogens with zero attached hydrogens (tertiary/aromatic N) is 6. The number of carbonyl (C=O) groups is 4. The number of sulfonamides is 1. The van der Waals surface area contributed by atoms with Gasteiger partial charge in [-0.2, -0.15) is 9.90 Å². The van der Waals surface area contributed by atoms with Gasteiger partial charge in [0.1, 0.15) is 45.9 Å². The topological polar surface area (TPSA) is 217 Å². The average Bonchev–Trinajstić information content (AvgIpc) is 4.00. The Balaban J connectivity index is 1.15. The first kappa shape index (κ1) is 44.2. The highest BCUT2D eigenvalue weighted by molar-refractivity contribution is 7.91. The van der Waals surface area contributed by atoms with Crippen LogP contribution >= 0.6 is 11.3 Å². The predicted molar refractivity (Wildman–Crippen MR) is 236 cm³/mol. The van der Waals surface area contributed by atoms with Gasteiger partial charge >= 0.3 is 0 Å². The van der Waals surface area contributed by atoms with E-state index in [4.69, 9.17) is 19.4 Å². The SMILES string of the molecule is COc1ccc2c(O[C@@H]3C[C@H]4C(=O)N[C@]5(C(=O)NS(=O)(=O)C6CC6)C[C@H]5/C=C\CCCCC[C@H](NC(=O)c5cnn(C(C)C)n5)C(=O)N4C3)cc(-c3nc(C(C)C)cs3)nc2c1C. The molecular weight excluding hydrogens is 847 g/mol. The van der Waals surface area contributed by atoms with Crippen molar-refractivity contribution < 1.29 is 37.1 Å². The number of fused-ring (bicyclic) bond motifs is 3. The van der Waals surface area contributed by atoms with Gasteiger partial charge in [-0.15, -0.1) is 16.4 Å². The molecule has 3 N–H and O–H groups in total. The number of aryl methyl sites for hydroxylation is 1. The number of hydrogen-bond donors (Lipinski definition) is 3. The lowest BCUT2D eigenvalue weighted by atomic mass is 10.0. The number of carbonyl (C=O) groups excluding carboxylic acids is 4. The number of hydrogen-bond acceptors (Lipinski definition) is 13. The van der Waals surface area contributed by atoms with Crippen molar-refractivity contribution in [1.82, 2.24) is 45.2 Å². The summed E-state index contributed by atoms with van der Waals surface area (Å²) in [7, 11) is -2.33. The Morgan fingerprint density at radius 1 is 1.05 bits per heavy atom. The number of amides is 4. The summed E-state index contributed by atoms with van der Waals surface area (Å²) in [5.41, 5.74) is 1.48. The lowest BCUT2D eigenvalue weighted by Gasteiger charge is -2.29. The second kappa shape index (κ2) is 17.6. The van der Waals surface area contributed by atoms with Crippen molar-refractivity contribution in [3.05, 3.63) is 58.9 Å². The standard InChI is InChI=1S/C44H55N9O8S2/c1-24(2)34-23-62-41(48-34)32-19-37(30-16-17-36(60-6)26(5)38(30)46-32)61-28-18-35-40(55)49-44(43(57)51-63(58,59)29-14-15-29)20-27(44)12-10-8-7-9-11-13-31(42(56)52(35)22-28)47-39(54)33-21-45-53(50-33)25(3)4/h10,12,16-17,19,21,23-25,27-29,31,35H,7-9,11,13-15,18,20,22H2,1-6H3,(H,47,54)(H,49,55)(H,51,57)/b12-10-/t27-,28-,31+,35+,44-/m1/s1. The molecule has 2 saturated carbocycles. The van der Waals surface area contributed by atoms with Gasteiger partial charge in [0, 0.05) is 34.7 Å². The zero-order valence-electron chi connectivity index (χ0n) is 36.4. The molecule has 19 heteroatoms. The average molecular weight is 902 g/mol. The number of benzene rings is 1. The largest absolute Gasteiger partial charge is 0.496 e. The lowest BCUT2D eigenvalue weighted by molar-refractivity contribution is -0.141. The summed E-state index contributed by atoms with van der Waals surface area (Å²) >= 11 is 1.47. The number of methoxy groups -OCH3 is 1. The number of ether oxygens (including phenoxy) is 2. The number of aromatic nitrogens is 5. The van der Waals surface area contributed by atoms with Gasteiger partial charge in [0.25, 0.3) is 11.8 Å². The van der Waals surface area contributed by atoms with E-state index in [1.54, 1.807) is 7.11 Å². The van der Waals surface area contributed by atoms with Crippen LogP contribution in [0.15, 0.2) is 41.9 Å². The van der Waals surface area contributed by atoms with Gasteiger partial charge in [0.15, 0.2) is 5.69 Å². The van der Waals surface area contributed by atoms with Gasteiger partial charge in [0.05, 0.1) is 42.4 Å². The quantitative estimate of drug-likeness (QED) is 0.167. The highest BCUT2D eigenvalue weighted by atomic mass is 32.2. The maximum Gasteiger partial charge on any atom is 0.274 e.